The summed E-state index contributed by atoms with van der Waals surface area (Å²) < 4.78 is 13.5. The fraction of sp³-hybridized carbons (Fsp3) is 0.667. The van der Waals surface area contributed by atoms with Gasteiger partial charge < -0.3 is 5.32 Å². The van der Waals surface area contributed by atoms with Crippen LogP contribution in [0.2, 0.25) is 0 Å². The number of rotatable bonds is 4. The highest BCUT2D eigenvalue weighted by molar-refractivity contribution is 7.86. The molecular weight excluding hydrogens is 382 g/mol. The van der Waals surface area contributed by atoms with Crippen LogP contribution in [-0.4, -0.2) is 21.1 Å². The van der Waals surface area contributed by atoms with Crippen LogP contribution in [-0.2, 0) is 20.4 Å². The van der Waals surface area contributed by atoms with Crippen molar-refractivity contribution in [2.24, 2.45) is 5.41 Å². The van der Waals surface area contributed by atoms with E-state index >= 15 is 0 Å². The molecule has 0 aromatic heterocycles. The largest absolute Gasteiger partial charge is 0.349 e. The molecule has 1 fully saturated rings. The number of Topliss-reactive ketones (excluding diaryl/α,β-unsaturated/α-hetero) is 1. The summed E-state index contributed by atoms with van der Waals surface area (Å²) in [6, 6.07) is 7.26. The Bertz CT molecular complexity index is 723. The molecule has 1 aromatic carbocycles. The van der Waals surface area contributed by atoms with E-state index < -0.39 is 21.5 Å². The molecule has 1 unspecified atom stereocenters. The van der Waals surface area contributed by atoms with Crippen molar-refractivity contribution in [2.75, 3.05) is 0 Å². The normalized spacial score (nSPS) is 21.7. The van der Waals surface area contributed by atoms with Gasteiger partial charge in [0.1, 0.15) is 5.78 Å². The Balaban J connectivity index is 2.24. The van der Waals surface area contributed by atoms with Gasteiger partial charge in [0.2, 0.25) is 5.91 Å². The fourth-order valence-electron chi connectivity index (χ4n) is 3.73. The Morgan fingerprint density at radius 3 is 2.28 bits per heavy atom. The van der Waals surface area contributed by atoms with E-state index in [9.17, 15) is 13.8 Å². The molecule has 1 N–H and O–H groups in total. The molecule has 0 saturated heterocycles. The molecule has 5 heteroatoms. The number of nitrogens with one attached hydrogen (secondary N) is 1. The molecule has 0 heterocycles. The Kier molecular flexibility index (Phi) is 9.06. The summed E-state index contributed by atoms with van der Waals surface area (Å²) in [5.41, 5.74) is 0.346. The van der Waals surface area contributed by atoms with Crippen LogP contribution in [0.15, 0.2) is 29.2 Å². The number of amides is 1. The Hall–Kier alpha value is -1.49. The van der Waals surface area contributed by atoms with Gasteiger partial charge in [0, 0.05) is 16.7 Å². The summed E-state index contributed by atoms with van der Waals surface area (Å²) >= 11 is 0. The van der Waals surface area contributed by atoms with E-state index in [1.54, 1.807) is 0 Å². The zero-order chi connectivity index (χ0) is 21.4. The number of carbonyl (C=O) groups excluding carboxylic acids is 2. The van der Waals surface area contributed by atoms with E-state index in [2.05, 4.69) is 5.32 Å². The van der Waals surface area contributed by atoms with Gasteiger partial charge >= 0.3 is 0 Å². The van der Waals surface area contributed by atoms with Gasteiger partial charge in [-0.3, -0.25) is 13.8 Å². The molecule has 1 aliphatic rings. The molecule has 4 nitrogen and oxygen atoms in total. The van der Waals surface area contributed by atoms with Gasteiger partial charge in [-0.1, -0.05) is 77.5 Å². The lowest BCUT2D eigenvalue weighted by Crippen LogP contribution is -2.37. The number of hydrogen-bond acceptors (Lipinski definition) is 3. The van der Waals surface area contributed by atoms with Gasteiger partial charge in [-0.2, -0.15) is 0 Å². The molecule has 1 amide bonds. The van der Waals surface area contributed by atoms with E-state index in [0.717, 1.165) is 31.2 Å². The molecule has 3 atom stereocenters. The predicted molar refractivity (Wildman–Crippen MR) is 119 cm³/mol. The van der Waals surface area contributed by atoms with E-state index in [0.29, 0.717) is 17.7 Å². The van der Waals surface area contributed by atoms with E-state index in [1.165, 1.54) is 19.3 Å². The molecule has 1 aliphatic carbocycles. The summed E-state index contributed by atoms with van der Waals surface area (Å²) in [6.07, 6.45) is 8.84. The van der Waals surface area contributed by atoms with Crippen LogP contribution in [0.4, 0.5) is 0 Å². The van der Waals surface area contributed by atoms with Crippen LogP contribution < -0.4 is 5.32 Å². The van der Waals surface area contributed by atoms with Crippen LogP contribution in [0.3, 0.4) is 0 Å². The first-order chi connectivity index (χ1) is 13.7. The Labute approximate surface area is 178 Å². The zero-order valence-electron chi connectivity index (χ0n) is 18.5. The SMILES string of the molecule is C[C@@H](NC(=O)C(C)(C)C)c1ccccc1[S@@](=O)C1CCCCCCCCCC1=O. The second-order valence-electron chi connectivity index (χ2n) is 9.25. The zero-order valence-corrected chi connectivity index (χ0v) is 19.3. The first-order valence-corrected chi connectivity index (χ1v) is 12.3. The van der Waals surface area contributed by atoms with Crippen LogP contribution in [0.25, 0.3) is 0 Å². The lowest BCUT2D eigenvalue weighted by atomic mass is 9.94. The Morgan fingerprint density at radius 1 is 1.03 bits per heavy atom. The number of carbonyl (C=O) groups is 2. The maximum absolute atomic E-state index is 13.5. The van der Waals surface area contributed by atoms with E-state index in [4.69, 9.17) is 0 Å². The van der Waals surface area contributed by atoms with Gasteiger partial charge in [0.15, 0.2) is 0 Å². The molecule has 29 heavy (non-hydrogen) atoms. The van der Waals surface area contributed by atoms with Crippen molar-refractivity contribution in [2.45, 2.75) is 102 Å². The summed E-state index contributed by atoms with van der Waals surface area (Å²) in [5, 5.41) is 2.59. The smallest absolute Gasteiger partial charge is 0.225 e. The third-order valence-corrected chi connectivity index (χ3v) is 7.46. The summed E-state index contributed by atoms with van der Waals surface area (Å²) in [4.78, 5) is 26.0. The second kappa shape index (κ2) is 11.1. The minimum absolute atomic E-state index is 0.0448. The summed E-state index contributed by atoms with van der Waals surface area (Å²) in [5.74, 6) is 0.0861. The standard InChI is InChI=1S/C24H37NO3S/c1-18(25-23(27)24(2,3)4)19-14-12-13-16-21(19)29(28)22-17-11-9-7-5-6-8-10-15-20(22)26/h12-14,16,18,22H,5-11,15,17H2,1-4H3,(H,25,27)/t18-,22?,29-/m1/s1. The minimum atomic E-state index is -1.41. The molecule has 162 valence electrons. The van der Waals surface area contributed by atoms with Crippen LogP contribution in [0.1, 0.15) is 97.1 Å². The topological polar surface area (TPSA) is 63.2 Å². The lowest BCUT2D eigenvalue weighted by Gasteiger charge is -2.24. The predicted octanol–water partition coefficient (Wildman–Crippen LogP) is 5.48. The maximum atomic E-state index is 13.5. The highest BCUT2D eigenvalue weighted by atomic mass is 32.2. The third-order valence-electron chi connectivity index (χ3n) is 5.64. The van der Waals surface area contributed by atoms with Crippen LogP contribution in [0.5, 0.6) is 0 Å². The average Bonchev–Trinajstić information content (AvgIpc) is 2.72. The summed E-state index contributed by atoms with van der Waals surface area (Å²) in [7, 11) is -1.41. The first-order valence-electron chi connectivity index (χ1n) is 11.0. The third kappa shape index (κ3) is 7.06. The van der Waals surface area contributed by atoms with Crippen LogP contribution >= 0.6 is 0 Å². The first kappa shape index (κ1) is 23.8. The monoisotopic (exact) mass is 419 g/mol. The van der Waals surface area contributed by atoms with Gasteiger partial charge in [-0.25, -0.2) is 0 Å². The van der Waals surface area contributed by atoms with Crippen molar-refractivity contribution in [1.82, 2.24) is 5.32 Å². The minimum Gasteiger partial charge on any atom is -0.349 e. The maximum Gasteiger partial charge on any atom is 0.225 e. The van der Waals surface area contributed by atoms with E-state index in [1.807, 2.05) is 52.0 Å². The van der Waals surface area contributed by atoms with Gasteiger partial charge in [-0.05, 0) is 31.4 Å². The van der Waals surface area contributed by atoms with Crippen molar-refractivity contribution in [3.05, 3.63) is 29.8 Å². The van der Waals surface area contributed by atoms with Gasteiger partial charge in [0.05, 0.1) is 22.1 Å². The van der Waals surface area contributed by atoms with E-state index in [-0.39, 0.29) is 17.7 Å². The van der Waals surface area contributed by atoms with Crippen LogP contribution in [0, 0.1) is 5.41 Å². The fourth-order valence-corrected chi connectivity index (χ4v) is 5.46. The quantitative estimate of drug-likeness (QED) is 0.703. The summed E-state index contributed by atoms with van der Waals surface area (Å²) in [6.45, 7) is 7.54. The molecule has 0 spiro atoms. The number of benzene rings is 1. The van der Waals surface area contributed by atoms with Crippen molar-refractivity contribution in [3.8, 4) is 0 Å². The average molecular weight is 420 g/mol. The molecule has 0 bridgehead atoms. The number of hydrogen-bond donors (Lipinski definition) is 1. The molecule has 0 aliphatic heterocycles. The highest BCUT2D eigenvalue weighted by Gasteiger charge is 2.29. The van der Waals surface area contributed by atoms with Crippen molar-refractivity contribution in [1.29, 1.82) is 0 Å². The van der Waals surface area contributed by atoms with Crippen molar-refractivity contribution >= 4 is 22.5 Å². The van der Waals surface area contributed by atoms with Gasteiger partial charge in [-0.15, -0.1) is 0 Å². The lowest BCUT2D eigenvalue weighted by molar-refractivity contribution is -0.129. The molecule has 0 radical (unpaired) electrons. The highest BCUT2D eigenvalue weighted by Crippen LogP contribution is 2.28. The van der Waals surface area contributed by atoms with Crippen molar-refractivity contribution in [3.63, 3.8) is 0 Å². The van der Waals surface area contributed by atoms with Gasteiger partial charge in [0.25, 0.3) is 0 Å². The van der Waals surface area contributed by atoms with Crippen molar-refractivity contribution < 1.29 is 13.8 Å². The molecule has 1 saturated carbocycles. The molecule has 2 rings (SSSR count). The Morgan fingerprint density at radius 2 is 1.62 bits per heavy atom. The second-order valence-corrected chi connectivity index (χ2v) is 10.9. The number of ketones is 1. The molecular formula is C24H37NO3S. The molecule has 1 aromatic rings.